The Hall–Kier alpha value is -1.67. The Kier molecular flexibility index (Phi) is 3.22. The molecule has 0 bridgehead atoms. The smallest absolute Gasteiger partial charge is 0.123 e. The van der Waals surface area contributed by atoms with E-state index in [0.29, 0.717) is 5.56 Å². The van der Waals surface area contributed by atoms with Crippen molar-refractivity contribution >= 4 is 0 Å². The van der Waals surface area contributed by atoms with Gasteiger partial charge in [0.05, 0.1) is 0 Å². The molecule has 1 atom stereocenters. The van der Waals surface area contributed by atoms with Gasteiger partial charge in [0.2, 0.25) is 0 Å². The van der Waals surface area contributed by atoms with Gasteiger partial charge in [-0.15, -0.1) is 0 Å². The van der Waals surface area contributed by atoms with E-state index in [1.54, 1.807) is 19.1 Å². The molecule has 1 N–H and O–H groups in total. The van der Waals surface area contributed by atoms with Crippen molar-refractivity contribution in [2.45, 2.75) is 26.4 Å². The third kappa shape index (κ3) is 2.44. The first-order chi connectivity index (χ1) is 8.39. The minimum atomic E-state index is -1.11. The van der Waals surface area contributed by atoms with Crippen molar-refractivity contribution in [1.82, 2.24) is 0 Å². The van der Waals surface area contributed by atoms with Crippen LogP contribution in [0.5, 0.6) is 0 Å². The predicted molar refractivity (Wildman–Crippen MR) is 71.0 cm³/mol. The van der Waals surface area contributed by atoms with Crippen molar-refractivity contribution in [2.75, 3.05) is 0 Å². The predicted octanol–water partition coefficient (Wildman–Crippen LogP) is 3.70. The summed E-state index contributed by atoms with van der Waals surface area (Å²) in [6.07, 6.45) is 0. The van der Waals surface area contributed by atoms with Crippen LogP contribution in [0, 0.1) is 19.7 Å². The first-order valence-electron chi connectivity index (χ1n) is 5.97. The molecule has 0 aliphatic carbocycles. The molecule has 94 valence electrons. The van der Waals surface area contributed by atoms with Gasteiger partial charge in [-0.3, -0.25) is 0 Å². The number of aliphatic hydroxyl groups is 1. The monoisotopic (exact) mass is 244 g/mol. The van der Waals surface area contributed by atoms with Gasteiger partial charge in [-0.1, -0.05) is 41.5 Å². The molecule has 2 aromatic rings. The number of aryl methyl sites for hydroxylation is 2. The highest BCUT2D eigenvalue weighted by Gasteiger charge is 2.25. The summed E-state index contributed by atoms with van der Waals surface area (Å²) in [6.45, 7) is 5.73. The number of rotatable bonds is 2. The molecule has 0 saturated heterocycles. The average Bonchev–Trinajstić information content (AvgIpc) is 2.28. The molecule has 0 fully saturated rings. The van der Waals surface area contributed by atoms with Crippen LogP contribution in [0.15, 0.2) is 42.5 Å². The van der Waals surface area contributed by atoms with Crippen molar-refractivity contribution in [3.8, 4) is 0 Å². The van der Waals surface area contributed by atoms with Crippen LogP contribution in [-0.2, 0) is 5.60 Å². The zero-order valence-corrected chi connectivity index (χ0v) is 10.9. The van der Waals surface area contributed by atoms with Gasteiger partial charge in [0.25, 0.3) is 0 Å². The molecule has 0 heterocycles. The van der Waals surface area contributed by atoms with E-state index < -0.39 is 5.60 Å². The molecule has 2 heteroatoms. The van der Waals surface area contributed by atoms with Crippen LogP contribution in [0.1, 0.15) is 29.2 Å². The standard InChI is InChI=1S/C16H17FO/c1-11-8-12(2)10-14(9-11)16(3,18)13-4-6-15(17)7-5-13/h4-10,18H,1-3H3. The maximum atomic E-state index is 12.9. The van der Waals surface area contributed by atoms with E-state index in [9.17, 15) is 9.50 Å². The van der Waals surface area contributed by atoms with Crippen molar-refractivity contribution < 1.29 is 9.50 Å². The van der Waals surface area contributed by atoms with Gasteiger partial charge >= 0.3 is 0 Å². The summed E-state index contributed by atoms with van der Waals surface area (Å²) in [4.78, 5) is 0. The van der Waals surface area contributed by atoms with Crippen LogP contribution in [-0.4, -0.2) is 5.11 Å². The Bertz CT molecular complexity index is 536. The number of hydrogen-bond donors (Lipinski definition) is 1. The van der Waals surface area contributed by atoms with Crippen LogP contribution in [0.25, 0.3) is 0 Å². The van der Waals surface area contributed by atoms with Gasteiger partial charge in [-0.25, -0.2) is 4.39 Å². The Balaban J connectivity index is 2.49. The summed E-state index contributed by atoms with van der Waals surface area (Å²) in [5.41, 5.74) is 2.62. The normalized spacial score (nSPS) is 14.3. The summed E-state index contributed by atoms with van der Waals surface area (Å²) in [7, 11) is 0. The highest BCUT2D eigenvalue weighted by molar-refractivity contribution is 5.39. The molecule has 18 heavy (non-hydrogen) atoms. The van der Waals surface area contributed by atoms with Crippen molar-refractivity contribution in [2.24, 2.45) is 0 Å². The fourth-order valence-corrected chi connectivity index (χ4v) is 2.20. The van der Waals surface area contributed by atoms with Gasteiger partial charge in [0.1, 0.15) is 11.4 Å². The summed E-state index contributed by atoms with van der Waals surface area (Å²) < 4.78 is 12.9. The van der Waals surface area contributed by atoms with Crippen molar-refractivity contribution in [1.29, 1.82) is 0 Å². The molecule has 0 spiro atoms. The molecule has 0 radical (unpaired) electrons. The lowest BCUT2D eigenvalue weighted by Crippen LogP contribution is -2.23. The van der Waals surface area contributed by atoms with Gasteiger partial charge in [-0.05, 0) is 44.0 Å². The highest BCUT2D eigenvalue weighted by atomic mass is 19.1. The number of halogens is 1. The largest absolute Gasteiger partial charge is 0.381 e. The van der Waals surface area contributed by atoms with Crippen molar-refractivity contribution in [3.05, 3.63) is 70.5 Å². The van der Waals surface area contributed by atoms with E-state index in [2.05, 4.69) is 6.07 Å². The van der Waals surface area contributed by atoms with Gasteiger partial charge in [0, 0.05) is 0 Å². The second-order valence-electron chi connectivity index (χ2n) is 4.96. The van der Waals surface area contributed by atoms with E-state index in [-0.39, 0.29) is 5.82 Å². The molecule has 0 saturated carbocycles. The van der Waals surface area contributed by atoms with Crippen LogP contribution in [0.2, 0.25) is 0 Å². The molecule has 0 aliphatic heterocycles. The zero-order chi connectivity index (χ0) is 13.3. The maximum absolute atomic E-state index is 12.9. The molecular formula is C16H17FO. The molecular weight excluding hydrogens is 227 g/mol. The van der Waals surface area contributed by atoms with Crippen LogP contribution < -0.4 is 0 Å². The Labute approximate surface area is 107 Å². The lowest BCUT2D eigenvalue weighted by Gasteiger charge is -2.25. The van der Waals surface area contributed by atoms with Gasteiger partial charge < -0.3 is 5.11 Å². The Morgan fingerprint density at radius 2 is 1.39 bits per heavy atom. The first-order valence-corrected chi connectivity index (χ1v) is 5.97. The summed E-state index contributed by atoms with van der Waals surface area (Å²) in [5.74, 6) is -0.296. The molecule has 2 aromatic carbocycles. The third-order valence-electron chi connectivity index (χ3n) is 3.19. The minimum absolute atomic E-state index is 0.296. The fraction of sp³-hybridized carbons (Fsp3) is 0.250. The van der Waals surface area contributed by atoms with Crippen LogP contribution in [0.3, 0.4) is 0 Å². The minimum Gasteiger partial charge on any atom is -0.381 e. The lowest BCUT2D eigenvalue weighted by atomic mass is 9.86. The van der Waals surface area contributed by atoms with Crippen LogP contribution >= 0.6 is 0 Å². The number of hydrogen-bond acceptors (Lipinski definition) is 1. The molecule has 1 nitrogen and oxygen atoms in total. The van der Waals surface area contributed by atoms with Gasteiger partial charge in [0.15, 0.2) is 0 Å². The quantitative estimate of drug-likeness (QED) is 0.854. The summed E-state index contributed by atoms with van der Waals surface area (Å²) in [6, 6.07) is 11.9. The summed E-state index contributed by atoms with van der Waals surface area (Å²) >= 11 is 0. The first kappa shape index (κ1) is 12.8. The Morgan fingerprint density at radius 3 is 1.89 bits per heavy atom. The second kappa shape index (κ2) is 4.54. The number of benzene rings is 2. The second-order valence-corrected chi connectivity index (χ2v) is 4.96. The van der Waals surface area contributed by atoms with E-state index in [1.165, 1.54) is 12.1 Å². The molecule has 0 aromatic heterocycles. The van der Waals surface area contributed by atoms with Crippen LogP contribution in [0.4, 0.5) is 4.39 Å². The van der Waals surface area contributed by atoms with E-state index in [1.807, 2.05) is 26.0 Å². The highest BCUT2D eigenvalue weighted by Crippen LogP contribution is 2.30. The molecule has 0 aliphatic rings. The Morgan fingerprint density at radius 1 is 0.889 bits per heavy atom. The fourth-order valence-electron chi connectivity index (χ4n) is 2.20. The summed E-state index contributed by atoms with van der Waals surface area (Å²) in [5, 5.41) is 10.7. The molecule has 1 unspecified atom stereocenters. The molecule has 2 rings (SSSR count). The van der Waals surface area contributed by atoms with E-state index in [0.717, 1.165) is 16.7 Å². The maximum Gasteiger partial charge on any atom is 0.123 e. The van der Waals surface area contributed by atoms with E-state index in [4.69, 9.17) is 0 Å². The van der Waals surface area contributed by atoms with Gasteiger partial charge in [-0.2, -0.15) is 0 Å². The lowest BCUT2D eigenvalue weighted by molar-refractivity contribution is 0.102. The average molecular weight is 244 g/mol. The van der Waals surface area contributed by atoms with Crippen molar-refractivity contribution in [3.63, 3.8) is 0 Å². The third-order valence-corrected chi connectivity index (χ3v) is 3.19. The topological polar surface area (TPSA) is 20.2 Å². The molecule has 0 amide bonds. The zero-order valence-electron chi connectivity index (χ0n) is 10.9. The SMILES string of the molecule is Cc1cc(C)cc(C(C)(O)c2ccc(F)cc2)c1. The van der Waals surface area contributed by atoms with E-state index >= 15 is 0 Å².